The maximum Gasteiger partial charge on any atom is 0.127 e. The minimum Gasteiger partial charge on any atom is -0.392 e. The molecule has 92 valence electrons. The molecule has 0 aliphatic carbocycles. The number of aliphatic hydroxyl groups excluding tert-OH is 1. The minimum atomic E-state index is -0.447. The van der Waals surface area contributed by atoms with Crippen molar-refractivity contribution < 1.29 is 9.50 Å². The van der Waals surface area contributed by atoms with Gasteiger partial charge in [0.25, 0.3) is 0 Å². The Morgan fingerprint density at radius 2 is 2.18 bits per heavy atom. The molecule has 0 aliphatic rings. The van der Waals surface area contributed by atoms with E-state index in [9.17, 15) is 9.50 Å². The molecule has 0 saturated heterocycles. The molecule has 0 amide bonds. The monoisotopic (exact) mass is 236 g/mol. The van der Waals surface area contributed by atoms with Gasteiger partial charge in [-0.1, -0.05) is 13.8 Å². The summed E-state index contributed by atoms with van der Waals surface area (Å²) in [5.74, 6) is -0.173. The highest BCUT2D eigenvalue weighted by molar-refractivity contribution is 5.33. The van der Waals surface area contributed by atoms with E-state index in [1.54, 1.807) is 0 Å². The van der Waals surface area contributed by atoms with Gasteiger partial charge < -0.3 is 10.4 Å². The van der Waals surface area contributed by atoms with Gasteiger partial charge in [-0.25, -0.2) is 4.39 Å². The summed E-state index contributed by atoms with van der Waals surface area (Å²) in [4.78, 5) is 0. The Hall–Kier alpha value is -1.44. The first-order valence-corrected chi connectivity index (χ1v) is 5.62. The van der Waals surface area contributed by atoms with E-state index in [-0.39, 0.29) is 11.7 Å². The average Bonchev–Trinajstić information content (AvgIpc) is 2.31. The lowest BCUT2D eigenvalue weighted by atomic mass is 10.1. The van der Waals surface area contributed by atoms with Crippen molar-refractivity contribution in [1.82, 2.24) is 5.32 Å². The maximum atomic E-state index is 13.4. The predicted molar refractivity (Wildman–Crippen MR) is 63.7 cm³/mol. The Bertz CT molecular complexity index is 412. The quantitative estimate of drug-likeness (QED) is 0.819. The van der Waals surface area contributed by atoms with Crippen molar-refractivity contribution in [2.75, 3.05) is 6.54 Å². The van der Waals surface area contributed by atoms with Crippen LogP contribution in [0.15, 0.2) is 18.2 Å². The molecule has 3 nitrogen and oxygen atoms in total. The van der Waals surface area contributed by atoms with Gasteiger partial charge in [-0.05, 0) is 24.1 Å². The van der Waals surface area contributed by atoms with E-state index in [0.29, 0.717) is 24.2 Å². The van der Waals surface area contributed by atoms with Crippen LogP contribution in [0.3, 0.4) is 0 Å². The van der Waals surface area contributed by atoms with Crippen molar-refractivity contribution in [1.29, 1.82) is 5.26 Å². The van der Waals surface area contributed by atoms with Gasteiger partial charge in [0.05, 0.1) is 17.7 Å². The van der Waals surface area contributed by atoms with Gasteiger partial charge in [0, 0.05) is 18.7 Å². The number of rotatable bonds is 5. The number of hydrogen-bond acceptors (Lipinski definition) is 3. The van der Waals surface area contributed by atoms with Crippen LogP contribution >= 0.6 is 0 Å². The van der Waals surface area contributed by atoms with E-state index in [2.05, 4.69) is 5.32 Å². The third-order valence-corrected chi connectivity index (χ3v) is 2.61. The van der Waals surface area contributed by atoms with E-state index in [1.807, 2.05) is 19.9 Å². The van der Waals surface area contributed by atoms with Gasteiger partial charge in [0.15, 0.2) is 0 Å². The molecule has 0 aliphatic heterocycles. The van der Waals surface area contributed by atoms with Crippen molar-refractivity contribution in [3.63, 3.8) is 0 Å². The number of nitriles is 1. The minimum absolute atomic E-state index is 0.165. The first-order valence-electron chi connectivity index (χ1n) is 5.62. The summed E-state index contributed by atoms with van der Waals surface area (Å²) in [5, 5.41) is 21.2. The molecule has 1 aromatic carbocycles. The Labute approximate surface area is 101 Å². The summed E-state index contributed by atoms with van der Waals surface area (Å²) in [6.07, 6.45) is -0.447. The molecule has 0 fully saturated rings. The topological polar surface area (TPSA) is 56.0 Å². The van der Waals surface area contributed by atoms with Crippen molar-refractivity contribution in [3.8, 4) is 6.07 Å². The van der Waals surface area contributed by atoms with Crippen LogP contribution in [-0.4, -0.2) is 17.8 Å². The second-order valence-electron chi connectivity index (χ2n) is 4.36. The first kappa shape index (κ1) is 13.6. The van der Waals surface area contributed by atoms with Crippen LogP contribution in [0.4, 0.5) is 4.39 Å². The molecule has 1 aromatic rings. The predicted octanol–water partition coefficient (Wildman–Crippen LogP) is 1.80. The van der Waals surface area contributed by atoms with Crippen molar-refractivity contribution in [2.24, 2.45) is 5.92 Å². The highest BCUT2D eigenvalue weighted by Crippen LogP contribution is 2.10. The molecule has 2 N–H and O–H groups in total. The Balaban J connectivity index is 2.55. The molecule has 17 heavy (non-hydrogen) atoms. The van der Waals surface area contributed by atoms with E-state index in [4.69, 9.17) is 5.26 Å². The second kappa shape index (κ2) is 6.33. The summed E-state index contributed by atoms with van der Waals surface area (Å²) in [5.41, 5.74) is 0.882. The van der Waals surface area contributed by atoms with Crippen LogP contribution in [0.1, 0.15) is 25.0 Å². The van der Waals surface area contributed by atoms with Gasteiger partial charge in [-0.2, -0.15) is 5.26 Å². The van der Waals surface area contributed by atoms with Crippen LogP contribution < -0.4 is 5.32 Å². The standard InChI is InChI=1S/C13H17FN2O/c1-9(2)13(17)8-16-7-11-5-10(6-15)3-4-12(11)14/h3-5,9,13,16-17H,7-8H2,1-2H3. The Morgan fingerprint density at radius 1 is 1.47 bits per heavy atom. The van der Waals surface area contributed by atoms with E-state index in [0.717, 1.165) is 0 Å². The van der Waals surface area contributed by atoms with Crippen LogP contribution in [0.25, 0.3) is 0 Å². The molecule has 0 spiro atoms. The molecule has 0 radical (unpaired) electrons. The zero-order chi connectivity index (χ0) is 12.8. The van der Waals surface area contributed by atoms with Gasteiger partial charge in [-0.15, -0.1) is 0 Å². The number of benzene rings is 1. The molecule has 0 saturated carbocycles. The third-order valence-electron chi connectivity index (χ3n) is 2.61. The van der Waals surface area contributed by atoms with Crippen molar-refractivity contribution >= 4 is 0 Å². The maximum absolute atomic E-state index is 13.4. The number of nitrogens with one attached hydrogen (secondary N) is 1. The van der Waals surface area contributed by atoms with E-state index >= 15 is 0 Å². The Morgan fingerprint density at radius 3 is 2.76 bits per heavy atom. The summed E-state index contributed by atoms with van der Waals surface area (Å²) in [6.45, 7) is 4.56. The van der Waals surface area contributed by atoms with E-state index in [1.165, 1.54) is 18.2 Å². The van der Waals surface area contributed by atoms with Crippen molar-refractivity contribution in [2.45, 2.75) is 26.5 Å². The van der Waals surface area contributed by atoms with Gasteiger partial charge in [-0.3, -0.25) is 0 Å². The number of aliphatic hydroxyl groups is 1. The lowest BCUT2D eigenvalue weighted by Crippen LogP contribution is -2.30. The fourth-order valence-electron chi connectivity index (χ4n) is 1.37. The molecule has 1 atom stereocenters. The molecular formula is C13H17FN2O. The fraction of sp³-hybridized carbons (Fsp3) is 0.462. The third kappa shape index (κ3) is 4.14. The highest BCUT2D eigenvalue weighted by atomic mass is 19.1. The zero-order valence-electron chi connectivity index (χ0n) is 10.1. The largest absolute Gasteiger partial charge is 0.392 e. The lowest BCUT2D eigenvalue weighted by molar-refractivity contribution is 0.123. The summed E-state index contributed by atoms with van der Waals surface area (Å²) < 4.78 is 13.4. The normalized spacial score (nSPS) is 12.5. The van der Waals surface area contributed by atoms with E-state index < -0.39 is 6.10 Å². The molecular weight excluding hydrogens is 219 g/mol. The van der Waals surface area contributed by atoms with Crippen LogP contribution in [0.2, 0.25) is 0 Å². The zero-order valence-corrected chi connectivity index (χ0v) is 10.1. The molecule has 1 unspecified atom stereocenters. The molecule has 0 aromatic heterocycles. The first-order chi connectivity index (χ1) is 8.04. The van der Waals surface area contributed by atoms with Crippen molar-refractivity contribution in [3.05, 3.63) is 35.1 Å². The van der Waals surface area contributed by atoms with Crippen LogP contribution in [0, 0.1) is 23.1 Å². The fourth-order valence-corrected chi connectivity index (χ4v) is 1.37. The number of nitrogens with zero attached hydrogens (tertiary/aromatic N) is 1. The van der Waals surface area contributed by atoms with Gasteiger partial charge in [0.1, 0.15) is 5.82 Å². The van der Waals surface area contributed by atoms with Gasteiger partial charge in [0.2, 0.25) is 0 Å². The number of halogens is 1. The summed E-state index contributed by atoms with van der Waals surface area (Å²) in [6, 6.07) is 6.22. The summed E-state index contributed by atoms with van der Waals surface area (Å²) >= 11 is 0. The Kier molecular flexibility index (Phi) is 5.08. The second-order valence-corrected chi connectivity index (χ2v) is 4.36. The number of hydrogen-bond donors (Lipinski definition) is 2. The van der Waals surface area contributed by atoms with Crippen LogP contribution in [-0.2, 0) is 6.54 Å². The molecule has 1 rings (SSSR count). The highest BCUT2D eigenvalue weighted by Gasteiger charge is 2.09. The molecule has 4 heteroatoms. The molecule has 0 bridgehead atoms. The SMILES string of the molecule is CC(C)C(O)CNCc1cc(C#N)ccc1F. The van der Waals surface area contributed by atoms with Gasteiger partial charge >= 0.3 is 0 Å². The van der Waals surface area contributed by atoms with Crippen LogP contribution in [0.5, 0.6) is 0 Å². The smallest absolute Gasteiger partial charge is 0.127 e. The average molecular weight is 236 g/mol. The summed E-state index contributed by atoms with van der Waals surface area (Å²) in [7, 11) is 0. The lowest BCUT2D eigenvalue weighted by Gasteiger charge is -2.15. The molecule has 0 heterocycles.